The van der Waals surface area contributed by atoms with Crippen LogP contribution in [0.3, 0.4) is 0 Å². The summed E-state index contributed by atoms with van der Waals surface area (Å²) in [5.41, 5.74) is 0.930. The second kappa shape index (κ2) is 7.59. The van der Waals surface area contributed by atoms with Crippen molar-refractivity contribution < 1.29 is 23.9 Å². The first-order chi connectivity index (χ1) is 12.9. The Morgan fingerprint density at radius 1 is 1.07 bits per heavy atom. The highest BCUT2D eigenvalue weighted by Crippen LogP contribution is 2.22. The lowest BCUT2D eigenvalue weighted by Gasteiger charge is -2.16. The molecule has 1 aliphatic heterocycles. The number of imide groups is 1. The number of halogens is 1. The molecular formula is C19H15ClN2O5. The number of amides is 3. The van der Waals surface area contributed by atoms with Gasteiger partial charge in [-0.3, -0.25) is 24.1 Å². The lowest BCUT2D eigenvalue weighted by atomic mass is 10.1. The van der Waals surface area contributed by atoms with Gasteiger partial charge in [-0.05, 0) is 37.3 Å². The van der Waals surface area contributed by atoms with Gasteiger partial charge >= 0.3 is 5.97 Å². The summed E-state index contributed by atoms with van der Waals surface area (Å²) in [6.07, 6.45) is -1.12. The van der Waals surface area contributed by atoms with E-state index in [9.17, 15) is 19.2 Å². The lowest BCUT2D eigenvalue weighted by Crippen LogP contribution is -2.38. The van der Waals surface area contributed by atoms with E-state index in [4.69, 9.17) is 16.3 Å². The van der Waals surface area contributed by atoms with Crippen molar-refractivity contribution in [3.05, 3.63) is 64.7 Å². The highest BCUT2D eigenvalue weighted by atomic mass is 35.5. The predicted octanol–water partition coefficient (Wildman–Crippen LogP) is 2.51. The van der Waals surface area contributed by atoms with Crippen molar-refractivity contribution in [3.63, 3.8) is 0 Å². The summed E-state index contributed by atoms with van der Waals surface area (Å²) in [6.45, 7) is 0.821. The molecule has 7 nitrogen and oxygen atoms in total. The van der Waals surface area contributed by atoms with Crippen molar-refractivity contribution in [2.75, 3.05) is 11.9 Å². The number of hydrogen-bond donors (Lipinski definition) is 1. The van der Waals surface area contributed by atoms with E-state index in [1.165, 1.54) is 19.1 Å². The summed E-state index contributed by atoms with van der Waals surface area (Å²) in [7, 11) is 0. The monoisotopic (exact) mass is 386 g/mol. The molecule has 1 aliphatic rings. The van der Waals surface area contributed by atoms with Crippen LogP contribution >= 0.6 is 11.6 Å². The highest BCUT2D eigenvalue weighted by Gasteiger charge is 2.37. The first-order valence-corrected chi connectivity index (χ1v) is 8.46. The van der Waals surface area contributed by atoms with Gasteiger partial charge in [0.05, 0.1) is 11.1 Å². The fraction of sp³-hybridized carbons (Fsp3) is 0.158. The zero-order valence-electron chi connectivity index (χ0n) is 14.3. The van der Waals surface area contributed by atoms with Crippen LogP contribution in [0.25, 0.3) is 0 Å². The maximum atomic E-state index is 12.2. The summed E-state index contributed by atoms with van der Waals surface area (Å²) < 4.78 is 5.04. The highest BCUT2D eigenvalue weighted by molar-refractivity contribution is 6.30. The Bertz CT molecular complexity index is 908. The van der Waals surface area contributed by atoms with Gasteiger partial charge in [-0.25, -0.2) is 0 Å². The number of ether oxygens (including phenoxy) is 1. The molecule has 1 heterocycles. The van der Waals surface area contributed by atoms with Crippen LogP contribution in [-0.4, -0.2) is 41.2 Å². The van der Waals surface area contributed by atoms with E-state index < -0.39 is 36.3 Å². The maximum absolute atomic E-state index is 12.2. The van der Waals surface area contributed by atoms with Crippen LogP contribution in [0.2, 0.25) is 5.02 Å². The first-order valence-electron chi connectivity index (χ1n) is 8.08. The van der Waals surface area contributed by atoms with Crippen LogP contribution in [0.15, 0.2) is 48.5 Å². The third-order valence-corrected chi connectivity index (χ3v) is 4.17. The Balaban J connectivity index is 1.58. The van der Waals surface area contributed by atoms with E-state index in [1.807, 2.05) is 0 Å². The van der Waals surface area contributed by atoms with Crippen LogP contribution in [0.5, 0.6) is 0 Å². The summed E-state index contributed by atoms with van der Waals surface area (Å²) in [4.78, 5) is 49.5. The van der Waals surface area contributed by atoms with Crippen molar-refractivity contribution in [2.24, 2.45) is 0 Å². The predicted molar refractivity (Wildman–Crippen MR) is 97.4 cm³/mol. The molecule has 138 valence electrons. The molecule has 0 unspecified atom stereocenters. The van der Waals surface area contributed by atoms with E-state index >= 15 is 0 Å². The average Bonchev–Trinajstić information content (AvgIpc) is 2.87. The quantitative estimate of drug-likeness (QED) is 0.629. The summed E-state index contributed by atoms with van der Waals surface area (Å²) in [6, 6.07) is 12.8. The Morgan fingerprint density at radius 2 is 1.70 bits per heavy atom. The molecule has 0 saturated carbocycles. The number of nitrogens with one attached hydrogen (secondary N) is 1. The van der Waals surface area contributed by atoms with Crippen LogP contribution < -0.4 is 5.32 Å². The summed E-state index contributed by atoms with van der Waals surface area (Å²) in [5.74, 6) is -2.56. The SMILES string of the molecule is C[C@H](OC(=O)CN1C(=O)c2ccccc2C1=O)C(=O)Nc1cccc(Cl)c1. The van der Waals surface area contributed by atoms with Gasteiger partial charge in [0.1, 0.15) is 6.54 Å². The maximum Gasteiger partial charge on any atom is 0.326 e. The largest absolute Gasteiger partial charge is 0.451 e. The molecule has 0 radical (unpaired) electrons. The molecule has 1 N–H and O–H groups in total. The van der Waals surface area contributed by atoms with Gasteiger partial charge in [0.2, 0.25) is 0 Å². The molecule has 0 aromatic heterocycles. The minimum Gasteiger partial charge on any atom is -0.451 e. The van der Waals surface area contributed by atoms with Gasteiger partial charge in [-0.2, -0.15) is 0 Å². The van der Waals surface area contributed by atoms with Crippen molar-refractivity contribution in [1.82, 2.24) is 4.90 Å². The average molecular weight is 387 g/mol. The molecule has 0 spiro atoms. The number of rotatable bonds is 5. The van der Waals surface area contributed by atoms with Gasteiger partial charge in [0, 0.05) is 10.7 Å². The first kappa shape index (κ1) is 18.6. The van der Waals surface area contributed by atoms with Crippen molar-refractivity contribution in [3.8, 4) is 0 Å². The third-order valence-electron chi connectivity index (χ3n) is 3.94. The molecule has 0 aliphatic carbocycles. The van der Waals surface area contributed by atoms with Gasteiger partial charge in [-0.1, -0.05) is 29.8 Å². The number of carbonyl (C=O) groups is 4. The van der Waals surface area contributed by atoms with E-state index in [2.05, 4.69) is 5.32 Å². The van der Waals surface area contributed by atoms with Crippen LogP contribution in [0.4, 0.5) is 5.69 Å². The smallest absolute Gasteiger partial charge is 0.326 e. The van der Waals surface area contributed by atoms with E-state index in [-0.39, 0.29) is 11.1 Å². The Morgan fingerprint density at radius 3 is 2.30 bits per heavy atom. The number of carbonyl (C=O) groups excluding carboxylic acids is 4. The summed E-state index contributed by atoms with van der Waals surface area (Å²) >= 11 is 5.85. The number of benzene rings is 2. The zero-order valence-corrected chi connectivity index (χ0v) is 15.0. The molecule has 8 heteroatoms. The number of anilines is 1. The normalized spacial score (nSPS) is 13.9. The van der Waals surface area contributed by atoms with Gasteiger partial charge in [-0.15, -0.1) is 0 Å². The van der Waals surface area contributed by atoms with Crippen LogP contribution in [0, 0.1) is 0 Å². The number of fused-ring (bicyclic) bond motifs is 1. The number of esters is 1. The molecule has 0 bridgehead atoms. The molecule has 3 rings (SSSR count). The minimum atomic E-state index is -1.12. The Kier molecular flexibility index (Phi) is 5.23. The van der Waals surface area contributed by atoms with E-state index in [1.54, 1.807) is 36.4 Å². The molecule has 0 fully saturated rings. The summed E-state index contributed by atoms with van der Waals surface area (Å²) in [5, 5.41) is 3.01. The standard InChI is InChI=1S/C19H15ClN2O5/c1-11(17(24)21-13-6-4-5-12(20)9-13)27-16(23)10-22-18(25)14-7-2-3-8-15(14)19(22)26/h2-9,11H,10H2,1H3,(H,21,24)/t11-/m0/s1. The van der Waals surface area contributed by atoms with E-state index in [0.717, 1.165) is 4.90 Å². The van der Waals surface area contributed by atoms with Crippen molar-refractivity contribution in [1.29, 1.82) is 0 Å². The van der Waals surface area contributed by atoms with Crippen molar-refractivity contribution in [2.45, 2.75) is 13.0 Å². The topological polar surface area (TPSA) is 92.8 Å². The fourth-order valence-corrected chi connectivity index (χ4v) is 2.80. The molecule has 2 aromatic carbocycles. The molecule has 27 heavy (non-hydrogen) atoms. The molecule has 1 atom stereocenters. The van der Waals surface area contributed by atoms with Crippen LogP contribution in [0.1, 0.15) is 27.6 Å². The second-order valence-electron chi connectivity index (χ2n) is 5.87. The van der Waals surface area contributed by atoms with Gasteiger partial charge in [0.15, 0.2) is 6.10 Å². The lowest BCUT2D eigenvalue weighted by molar-refractivity contribution is -0.153. The van der Waals surface area contributed by atoms with Gasteiger partial charge < -0.3 is 10.1 Å². The van der Waals surface area contributed by atoms with Gasteiger partial charge in [0.25, 0.3) is 17.7 Å². The molecule has 0 saturated heterocycles. The number of nitrogens with zero attached hydrogens (tertiary/aromatic N) is 1. The third kappa shape index (κ3) is 3.98. The molecule has 3 amide bonds. The Hall–Kier alpha value is -3.19. The second-order valence-corrected chi connectivity index (χ2v) is 6.31. The number of hydrogen-bond acceptors (Lipinski definition) is 5. The van der Waals surface area contributed by atoms with Crippen molar-refractivity contribution >= 4 is 41.0 Å². The van der Waals surface area contributed by atoms with Crippen LogP contribution in [-0.2, 0) is 14.3 Å². The van der Waals surface area contributed by atoms with E-state index in [0.29, 0.717) is 10.7 Å². The molecule has 2 aromatic rings. The Labute approximate surface area is 159 Å². The minimum absolute atomic E-state index is 0.238. The zero-order chi connectivity index (χ0) is 19.6. The fourth-order valence-electron chi connectivity index (χ4n) is 2.61. The molecular weight excluding hydrogens is 372 g/mol.